The summed E-state index contributed by atoms with van der Waals surface area (Å²) in [6.45, 7) is 17.7. The van der Waals surface area contributed by atoms with Crippen LogP contribution in [0.5, 0.6) is 0 Å². The number of nitrogens with one attached hydrogen (secondary N) is 1. The normalized spacial score (nSPS) is 13.5. The Kier molecular flexibility index (Phi) is 6.37. The maximum Gasteiger partial charge on any atom is 0.0693 e. The van der Waals surface area contributed by atoms with Gasteiger partial charge in [-0.1, -0.05) is 32.0 Å². The first kappa shape index (κ1) is 26.1. The summed E-state index contributed by atoms with van der Waals surface area (Å²) in [6, 6.07) is 19.7. The number of nitrogens with zero attached hydrogens (tertiary/aromatic N) is 3. The zero-order valence-corrected chi connectivity index (χ0v) is 25.0. The van der Waals surface area contributed by atoms with Crippen LogP contribution in [0.4, 0.5) is 0 Å². The van der Waals surface area contributed by atoms with Crippen LogP contribution < -0.4 is 0 Å². The molecular formula is C36H38N4. The first-order chi connectivity index (χ1) is 19.2. The molecule has 6 rings (SSSR count). The SMILES string of the molecule is CCC1=C(C)c2cc3c(C)c(C)c(cc4nc(cc5[nH]c(cc1n2)c(CC)c5C)C(C)=C4C)n3-c1ccccc1. The molecule has 0 saturated heterocycles. The smallest absolute Gasteiger partial charge is 0.0693 e. The highest BCUT2D eigenvalue weighted by Gasteiger charge is 2.20. The average molecular weight is 527 g/mol. The minimum atomic E-state index is 0.938. The molecule has 5 heterocycles. The van der Waals surface area contributed by atoms with E-state index in [4.69, 9.17) is 9.97 Å². The molecule has 40 heavy (non-hydrogen) atoms. The molecule has 202 valence electrons. The van der Waals surface area contributed by atoms with E-state index in [0.29, 0.717) is 0 Å². The van der Waals surface area contributed by atoms with Crippen LogP contribution in [-0.2, 0) is 6.42 Å². The predicted octanol–water partition coefficient (Wildman–Crippen LogP) is 9.56. The van der Waals surface area contributed by atoms with Gasteiger partial charge in [0.2, 0.25) is 0 Å². The van der Waals surface area contributed by atoms with E-state index < -0.39 is 0 Å². The molecule has 4 nitrogen and oxygen atoms in total. The molecule has 0 amide bonds. The van der Waals surface area contributed by atoms with Crippen LogP contribution in [0.3, 0.4) is 0 Å². The van der Waals surface area contributed by atoms with Gasteiger partial charge >= 0.3 is 0 Å². The summed E-state index contributed by atoms with van der Waals surface area (Å²) in [5.74, 6) is 0. The van der Waals surface area contributed by atoms with E-state index in [0.717, 1.165) is 63.4 Å². The molecule has 8 bridgehead atoms. The number of rotatable bonds is 3. The number of aromatic amines is 1. The van der Waals surface area contributed by atoms with Gasteiger partial charge in [-0.05, 0) is 135 Å². The molecule has 4 heteroatoms. The standard InChI is InChI=1S/C36H38N4/c1-9-27-24(7)30-16-29-20(3)21(4)31(37-29)18-35-22(5)23(6)36(40(35)26-14-12-11-13-15-26)19-32-25(8)28(10-2)34(39-32)17-33(27)38-30/h11-19,38H,9-10H2,1-8H3. The Morgan fingerprint density at radius 1 is 0.600 bits per heavy atom. The Labute approximate surface area is 237 Å². The van der Waals surface area contributed by atoms with E-state index in [-0.39, 0.29) is 0 Å². The van der Waals surface area contributed by atoms with Crippen LogP contribution in [-0.4, -0.2) is 19.5 Å². The summed E-state index contributed by atoms with van der Waals surface area (Å²) in [5, 5.41) is 0. The average Bonchev–Trinajstić information content (AvgIpc) is 3.58. The summed E-state index contributed by atoms with van der Waals surface area (Å²) < 4.78 is 2.38. The van der Waals surface area contributed by atoms with Crippen LogP contribution in [0.25, 0.3) is 50.0 Å². The molecule has 1 aromatic carbocycles. The zero-order valence-electron chi connectivity index (χ0n) is 25.0. The second-order valence-electron chi connectivity index (χ2n) is 11.1. The van der Waals surface area contributed by atoms with E-state index >= 15 is 0 Å². The lowest BCUT2D eigenvalue weighted by molar-refractivity contribution is 1.14. The quantitative estimate of drug-likeness (QED) is 0.289. The van der Waals surface area contributed by atoms with Gasteiger partial charge in [-0.15, -0.1) is 0 Å². The molecule has 0 spiro atoms. The van der Waals surface area contributed by atoms with Crippen molar-refractivity contribution in [1.82, 2.24) is 19.5 Å². The van der Waals surface area contributed by atoms with Gasteiger partial charge in [0.1, 0.15) is 0 Å². The molecule has 4 aromatic rings. The maximum atomic E-state index is 5.25. The van der Waals surface area contributed by atoms with Gasteiger partial charge < -0.3 is 9.55 Å². The first-order valence-electron chi connectivity index (χ1n) is 14.4. The number of hydrogen-bond donors (Lipinski definition) is 1. The predicted molar refractivity (Wildman–Crippen MR) is 171 cm³/mol. The number of benzene rings is 1. The maximum absolute atomic E-state index is 5.25. The third kappa shape index (κ3) is 3.97. The molecule has 0 saturated carbocycles. The second-order valence-corrected chi connectivity index (χ2v) is 11.1. The Bertz CT molecular complexity index is 1910. The number of fused-ring (bicyclic) bond motifs is 8. The van der Waals surface area contributed by atoms with E-state index in [9.17, 15) is 0 Å². The minimum Gasteiger partial charge on any atom is -0.355 e. The van der Waals surface area contributed by atoms with E-state index in [1.807, 2.05) is 0 Å². The van der Waals surface area contributed by atoms with Crippen molar-refractivity contribution in [3.8, 4) is 5.69 Å². The van der Waals surface area contributed by atoms with Gasteiger partial charge in [0.05, 0.1) is 33.8 Å². The number of para-hydroxylation sites is 1. The Morgan fingerprint density at radius 2 is 1.15 bits per heavy atom. The molecule has 0 aliphatic carbocycles. The molecule has 0 radical (unpaired) electrons. The van der Waals surface area contributed by atoms with Crippen LogP contribution in [0.15, 0.2) is 54.6 Å². The van der Waals surface area contributed by atoms with E-state index in [2.05, 4.69) is 120 Å². The first-order valence-corrected chi connectivity index (χ1v) is 14.4. The minimum absolute atomic E-state index is 0.938. The van der Waals surface area contributed by atoms with Crippen molar-refractivity contribution in [3.05, 3.63) is 99.6 Å². The van der Waals surface area contributed by atoms with Crippen LogP contribution in [0.1, 0.15) is 86.1 Å². The second kappa shape index (κ2) is 9.78. The molecule has 2 aliphatic rings. The lowest BCUT2D eigenvalue weighted by Crippen LogP contribution is -1.94. The number of aryl methyl sites for hydroxylation is 4. The van der Waals surface area contributed by atoms with Crippen molar-refractivity contribution in [2.45, 2.75) is 68.2 Å². The van der Waals surface area contributed by atoms with Crippen molar-refractivity contribution in [2.75, 3.05) is 0 Å². The molecule has 2 aliphatic heterocycles. The molecule has 0 fully saturated rings. The third-order valence-corrected chi connectivity index (χ3v) is 9.05. The fraction of sp³-hybridized carbons (Fsp3) is 0.278. The monoisotopic (exact) mass is 526 g/mol. The fourth-order valence-electron chi connectivity index (χ4n) is 6.28. The van der Waals surface area contributed by atoms with Crippen molar-refractivity contribution in [2.24, 2.45) is 0 Å². The highest BCUT2D eigenvalue weighted by atomic mass is 15.0. The van der Waals surface area contributed by atoms with Crippen LogP contribution in [0, 0.1) is 20.8 Å². The van der Waals surface area contributed by atoms with Gasteiger partial charge in [0.15, 0.2) is 0 Å². The van der Waals surface area contributed by atoms with Crippen LogP contribution in [0.2, 0.25) is 0 Å². The van der Waals surface area contributed by atoms with Gasteiger partial charge in [-0.2, -0.15) is 0 Å². The Morgan fingerprint density at radius 3 is 1.75 bits per heavy atom. The lowest BCUT2D eigenvalue weighted by atomic mass is 10.0. The van der Waals surface area contributed by atoms with Crippen molar-refractivity contribution in [3.63, 3.8) is 0 Å². The summed E-state index contributed by atoms with van der Waals surface area (Å²) in [6.07, 6.45) is 1.90. The van der Waals surface area contributed by atoms with Crippen molar-refractivity contribution in [1.29, 1.82) is 0 Å². The Hall–Kier alpha value is -4.18. The molecule has 0 atom stereocenters. The third-order valence-electron chi connectivity index (χ3n) is 9.05. The summed E-state index contributed by atoms with van der Waals surface area (Å²) in [5.41, 5.74) is 20.0. The summed E-state index contributed by atoms with van der Waals surface area (Å²) in [4.78, 5) is 14.2. The summed E-state index contributed by atoms with van der Waals surface area (Å²) >= 11 is 0. The van der Waals surface area contributed by atoms with Crippen molar-refractivity contribution >= 4 is 44.4 Å². The molecule has 1 N–H and O–H groups in total. The number of aromatic nitrogens is 4. The molecule has 3 aromatic heterocycles. The molecular weight excluding hydrogens is 488 g/mol. The fourth-order valence-corrected chi connectivity index (χ4v) is 6.28. The van der Waals surface area contributed by atoms with Gasteiger partial charge in [-0.25, -0.2) is 9.97 Å². The number of hydrogen-bond acceptors (Lipinski definition) is 2. The van der Waals surface area contributed by atoms with E-state index in [1.165, 1.54) is 44.5 Å². The van der Waals surface area contributed by atoms with Gasteiger partial charge in [0, 0.05) is 16.7 Å². The lowest BCUT2D eigenvalue weighted by Gasteiger charge is -2.08. The highest BCUT2D eigenvalue weighted by molar-refractivity contribution is 5.95. The highest BCUT2D eigenvalue weighted by Crippen LogP contribution is 2.36. The topological polar surface area (TPSA) is 46.5 Å². The number of H-pyrrole nitrogens is 1. The molecule has 0 unspecified atom stereocenters. The van der Waals surface area contributed by atoms with Gasteiger partial charge in [-0.3, -0.25) is 0 Å². The van der Waals surface area contributed by atoms with Crippen LogP contribution >= 0.6 is 0 Å². The van der Waals surface area contributed by atoms with Crippen molar-refractivity contribution < 1.29 is 0 Å². The number of allylic oxidation sites excluding steroid dienone is 4. The largest absolute Gasteiger partial charge is 0.355 e. The summed E-state index contributed by atoms with van der Waals surface area (Å²) in [7, 11) is 0. The van der Waals surface area contributed by atoms with E-state index in [1.54, 1.807) is 0 Å². The van der Waals surface area contributed by atoms with Gasteiger partial charge in [0.25, 0.3) is 0 Å². The Balaban J connectivity index is 1.87. The zero-order chi connectivity index (χ0) is 28.3.